The molecule has 0 aromatic carbocycles. The van der Waals surface area contributed by atoms with Crippen molar-refractivity contribution in [1.82, 2.24) is 14.8 Å². The Morgan fingerprint density at radius 1 is 1.24 bits per heavy atom. The number of carboxylic acid groups (broad SMARTS) is 1. The van der Waals surface area contributed by atoms with E-state index in [0.29, 0.717) is 19.1 Å². The van der Waals surface area contributed by atoms with Crippen LogP contribution in [-0.4, -0.2) is 64.0 Å². The molecule has 0 bridgehead atoms. The molecule has 3 rings (SSSR count). The summed E-state index contributed by atoms with van der Waals surface area (Å²) in [6.45, 7) is 3.47. The van der Waals surface area contributed by atoms with Crippen LogP contribution in [0.15, 0.2) is 18.3 Å². The average molecular weight is 289 g/mol. The van der Waals surface area contributed by atoms with Crippen molar-refractivity contribution in [3.05, 3.63) is 29.6 Å². The highest BCUT2D eigenvalue weighted by molar-refractivity contribution is 6.03. The standard InChI is InChI=1S/C15H19N3O3/c19-14(13-12(15(20)21)5-1-6-16-13)18-9-3-8-17-7-2-4-11(17)10-18/h1,5-6,11H,2-4,7-10H2,(H,20,21). The second-order valence-corrected chi connectivity index (χ2v) is 5.64. The fourth-order valence-electron chi connectivity index (χ4n) is 3.29. The van der Waals surface area contributed by atoms with E-state index in [1.165, 1.54) is 18.7 Å². The van der Waals surface area contributed by atoms with Crippen molar-refractivity contribution < 1.29 is 14.7 Å². The number of fused-ring (bicyclic) bond motifs is 1. The summed E-state index contributed by atoms with van der Waals surface area (Å²) in [5.41, 5.74) is 0.0338. The van der Waals surface area contributed by atoms with Crippen molar-refractivity contribution in [3.63, 3.8) is 0 Å². The number of carbonyl (C=O) groups excluding carboxylic acids is 1. The lowest BCUT2D eigenvalue weighted by Gasteiger charge is -2.25. The maximum Gasteiger partial charge on any atom is 0.338 e. The minimum Gasteiger partial charge on any atom is -0.478 e. The van der Waals surface area contributed by atoms with Crippen molar-refractivity contribution in [3.8, 4) is 0 Å². The predicted octanol–water partition coefficient (Wildman–Crippen LogP) is 1.09. The number of rotatable bonds is 2. The minimum absolute atomic E-state index is 0.0185. The van der Waals surface area contributed by atoms with Crippen LogP contribution in [0, 0.1) is 0 Å². The third-order valence-electron chi connectivity index (χ3n) is 4.33. The quantitative estimate of drug-likeness (QED) is 0.882. The minimum atomic E-state index is -1.11. The molecule has 1 aromatic heterocycles. The molecule has 0 saturated carbocycles. The summed E-state index contributed by atoms with van der Waals surface area (Å²) < 4.78 is 0. The Morgan fingerprint density at radius 2 is 2.05 bits per heavy atom. The molecule has 21 heavy (non-hydrogen) atoms. The van der Waals surface area contributed by atoms with E-state index in [9.17, 15) is 14.7 Å². The number of nitrogens with zero attached hydrogens (tertiary/aromatic N) is 3. The summed E-state index contributed by atoms with van der Waals surface area (Å²) >= 11 is 0. The van der Waals surface area contributed by atoms with E-state index >= 15 is 0 Å². The van der Waals surface area contributed by atoms with Gasteiger partial charge < -0.3 is 10.0 Å². The van der Waals surface area contributed by atoms with E-state index in [1.54, 1.807) is 11.0 Å². The Kier molecular flexibility index (Phi) is 3.88. The van der Waals surface area contributed by atoms with Gasteiger partial charge in [-0.2, -0.15) is 0 Å². The highest BCUT2D eigenvalue weighted by Crippen LogP contribution is 2.22. The van der Waals surface area contributed by atoms with Crippen molar-refractivity contribution in [2.45, 2.75) is 25.3 Å². The van der Waals surface area contributed by atoms with Crippen LogP contribution in [0.25, 0.3) is 0 Å². The van der Waals surface area contributed by atoms with Crippen molar-refractivity contribution in [2.24, 2.45) is 0 Å². The molecule has 2 saturated heterocycles. The molecule has 3 heterocycles. The van der Waals surface area contributed by atoms with E-state index in [0.717, 1.165) is 25.9 Å². The third-order valence-corrected chi connectivity index (χ3v) is 4.33. The number of carbonyl (C=O) groups is 2. The SMILES string of the molecule is O=C(O)c1cccnc1C(=O)N1CCCN2CCCC2C1. The average Bonchev–Trinajstić information content (AvgIpc) is 2.83. The normalized spacial score (nSPS) is 22.7. The van der Waals surface area contributed by atoms with Crippen LogP contribution in [0.5, 0.6) is 0 Å². The summed E-state index contributed by atoms with van der Waals surface area (Å²) in [5, 5.41) is 9.20. The Bertz CT molecular complexity index is 561. The van der Waals surface area contributed by atoms with Gasteiger partial charge >= 0.3 is 5.97 Å². The van der Waals surface area contributed by atoms with Gasteiger partial charge in [0, 0.05) is 31.9 Å². The van der Waals surface area contributed by atoms with Gasteiger partial charge in [-0.05, 0) is 37.9 Å². The number of hydrogen-bond donors (Lipinski definition) is 1. The highest BCUT2D eigenvalue weighted by Gasteiger charge is 2.32. The maximum atomic E-state index is 12.6. The molecule has 6 nitrogen and oxygen atoms in total. The van der Waals surface area contributed by atoms with Gasteiger partial charge in [-0.25, -0.2) is 4.79 Å². The number of hydrogen-bond acceptors (Lipinski definition) is 4. The van der Waals surface area contributed by atoms with Crippen LogP contribution in [0.2, 0.25) is 0 Å². The Hall–Kier alpha value is -1.95. The molecule has 1 atom stereocenters. The second kappa shape index (κ2) is 5.81. The van der Waals surface area contributed by atoms with Crippen LogP contribution in [0.1, 0.15) is 40.1 Å². The van der Waals surface area contributed by atoms with Gasteiger partial charge in [-0.1, -0.05) is 0 Å². The smallest absolute Gasteiger partial charge is 0.338 e. The number of carboxylic acids is 1. The molecule has 1 aromatic rings. The summed E-state index contributed by atoms with van der Waals surface area (Å²) in [6.07, 6.45) is 4.69. The molecule has 1 amide bonds. The first-order valence-corrected chi connectivity index (χ1v) is 7.38. The topological polar surface area (TPSA) is 73.7 Å². The lowest BCUT2D eigenvalue weighted by molar-refractivity contribution is 0.0669. The lowest BCUT2D eigenvalue weighted by atomic mass is 10.1. The van der Waals surface area contributed by atoms with Crippen molar-refractivity contribution in [2.75, 3.05) is 26.2 Å². The number of aromatic carboxylic acids is 1. The van der Waals surface area contributed by atoms with Gasteiger partial charge in [0.1, 0.15) is 5.69 Å². The van der Waals surface area contributed by atoms with Crippen LogP contribution in [-0.2, 0) is 0 Å². The summed E-state index contributed by atoms with van der Waals surface area (Å²) in [6, 6.07) is 3.39. The molecule has 2 aliphatic rings. The first kappa shape index (κ1) is 14.0. The maximum absolute atomic E-state index is 12.6. The fraction of sp³-hybridized carbons (Fsp3) is 0.533. The molecule has 1 unspecified atom stereocenters. The van der Waals surface area contributed by atoms with Gasteiger partial charge in [0.05, 0.1) is 5.56 Å². The van der Waals surface area contributed by atoms with Gasteiger partial charge in [0.15, 0.2) is 0 Å². The molecule has 0 radical (unpaired) electrons. The van der Waals surface area contributed by atoms with Gasteiger partial charge in [-0.3, -0.25) is 14.7 Å². The largest absolute Gasteiger partial charge is 0.478 e. The number of pyridine rings is 1. The Balaban J connectivity index is 1.83. The molecule has 2 aliphatic heterocycles. The van der Waals surface area contributed by atoms with Crippen molar-refractivity contribution >= 4 is 11.9 Å². The van der Waals surface area contributed by atoms with Crippen LogP contribution >= 0.6 is 0 Å². The van der Waals surface area contributed by atoms with Gasteiger partial charge in [0.25, 0.3) is 5.91 Å². The zero-order chi connectivity index (χ0) is 14.8. The fourth-order valence-corrected chi connectivity index (χ4v) is 3.29. The molecule has 0 spiro atoms. The molecular formula is C15H19N3O3. The second-order valence-electron chi connectivity index (χ2n) is 5.64. The zero-order valence-electron chi connectivity index (χ0n) is 11.9. The summed E-state index contributed by atoms with van der Waals surface area (Å²) in [7, 11) is 0. The monoisotopic (exact) mass is 289 g/mol. The molecule has 6 heteroatoms. The van der Waals surface area contributed by atoms with E-state index in [-0.39, 0.29) is 17.2 Å². The Labute approximate surface area is 123 Å². The Morgan fingerprint density at radius 3 is 2.86 bits per heavy atom. The van der Waals surface area contributed by atoms with E-state index < -0.39 is 5.97 Å². The predicted molar refractivity (Wildman–Crippen MR) is 76.3 cm³/mol. The third kappa shape index (κ3) is 2.76. The van der Waals surface area contributed by atoms with Crippen LogP contribution < -0.4 is 0 Å². The number of aromatic nitrogens is 1. The van der Waals surface area contributed by atoms with E-state index in [1.807, 2.05) is 0 Å². The number of amides is 1. The summed E-state index contributed by atoms with van der Waals surface area (Å²) in [4.78, 5) is 32.1. The van der Waals surface area contributed by atoms with Gasteiger partial charge in [0.2, 0.25) is 0 Å². The molecule has 2 fully saturated rings. The van der Waals surface area contributed by atoms with Crippen LogP contribution in [0.4, 0.5) is 0 Å². The van der Waals surface area contributed by atoms with E-state index in [2.05, 4.69) is 9.88 Å². The highest BCUT2D eigenvalue weighted by atomic mass is 16.4. The first-order chi connectivity index (χ1) is 10.2. The molecule has 1 N–H and O–H groups in total. The van der Waals surface area contributed by atoms with Gasteiger partial charge in [-0.15, -0.1) is 0 Å². The molecule has 112 valence electrons. The first-order valence-electron chi connectivity index (χ1n) is 7.38. The summed E-state index contributed by atoms with van der Waals surface area (Å²) in [5.74, 6) is -1.37. The zero-order valence-corrected chi connectivity index (χ0v) is 11.9. The van der Waals surface area contributed by atoms with Crippen LogP contribution in [0.3, 0.4) is 0 Å². The lowest BCUT2D eigenvalue weighted by Crippen LogP contribution is -2.40. The van der Waals surface area contributed by atoms with Crippen molar-refractivity contribution in [1.29, 1.82) is 0 Å². The molecule has 0 aliphatic carbocycles. The molecular weight excluding hydrogens is 270 g/mol. The van der Waals surface area contributed by atoms with E-state index in [4.69, 9.17) is 0 Å².